The summed E-state index contributed by atoms with van der Waals surface area (Å²) in [6.45, 7) is 22.1. The lowest BCUT2D eigenvalue weighted by molar-refractivity contribution is -0.140. The van der Waals surface area contributed by atoms with Crippen LogP contribution in [0.5, 0.6) is 0 Å². The van der Waals surface area contributed by atoms with Gasteiger partial charge in [0.05, 0.1) is 62.4 Å². The van der Waals surface area contributed by atoms with Gasteiger partial charge in [0.25, 0.3) is 0 Å². The van der Waals surface area contributed by atoms with Gasteiger partial charge in [-0.15, -0.1) is 12.8 Å². The molecule has 25 nitrogen and oxygen atoms in total. The zero-order chi connectivity index (χ0) is 83.5. The Kier molecular flexibility index (Phi) is 40.0. The average molecular weight is 1800 g/mol. The third-order valence-corrected chi connectivity index (χ3v) is 23.3. The van der Waals surface area contributed by atoms with Crippen molar-refractivity contribution in [1.82, 2.24) is 52.3 Å². The van der Waals surface area contributed by atoms with Crippen molar-refractivity contribution in [1.29, 1.82) is 0 Å². The number of carbonyl (C=O) groups excluding carboxylic acids is 11. The summed E-state index contributed by atoms with van der Waals surface area (Å²) in [7, 11) is 0. The molecule has 0 spiro atoms. The van der Waals surface area contributed by atoms with Crippen molar-refractivity contribution in [3.63, 3.8) is 0 Å². The molecule has 2 saturated heterocycles. The van der Waals surface area contributed by atoms with Gasteiger partial charge in [-0.05, 0) is 111 Å². The van der Waals surface area contributed by atoms with Crippen LogP contribution in [-0.2, 0) is 92.6 Å². The van der Waals surface area contributed by atoms with Gasteiger partial charge < -0.3 is 61.5 Å². The van der Waals surface area contributed by atoms with Gasteiger partial charge in [-0.3, -0.25) is 57.7 Å². The molecule has 2 unspecified atom stereocenters. The number of hydrogen-bond donors (Lipinski definition) is 8. The van der Waals surface area contributed by atoms with Crippen molar-refractivity contribution < 1.29 is 71.7 Å². The molecule has 2 heterocycles. The summed E-state index contributed by atoms with van der Waals surface area (Å²) >= 11 is 3.90. The predicted octanol–water partition coefficient (Wildman–Crippen LogP) is 7.64. The van der Waals surface area contributed by atoms with Crippen LogP contribution in [0.2, 0.25) is 0 Å². The number of ketones is 2. The first-order valence-corrected chi connectivity index (χ1v) is 42.6. The van der Waals surface area contributed by atoms with Crippen LogP contribution in [0.1, 0.15) is 130 Å². The van der Waals surface area contributed by atoms with E-state index in [1.54, 1.807) is 60.7 Å². The fourth-order valence-electron chi connectivity index (χ4n) is 13.7. The van der Waals surface area contributed by atoms with Crippen LogP contribution in [0.15, 0.2) is 121 Å². The van der Waals surface area contributed by atoms with Crippen LogP contribution in [-0.4, -0.2) is 210 Å². The van der Waals surface area contributed by atoms with Crippen molar-refractivity contribution >= 4 is 110 Å². The Labute approximate surface area is 700 Å². The van der Waals surface area contributed by atoms with Gasteiger partial charge in [0.1, 0.15) is 36.3 Å². The molecule has 4 aromatic rings. The fourth-order valence-corrected chi connectivity index (χ4v) is 15.2. The molecular weight excluding hydrogens is 1680 g/mol. The molecule has 2 fully saturated rings. The number of aryl methyl sites for hydroxylation is 2. The Morgan fingerprint density at radius 3 is 0.947 bits per heavy atom. The SMILES string of the molecule is C#CC(OC(=O)OC(C#C)[C@](C)(CI)C(=O)[C@H](CC(C)C)NC(=O)[C@H](Cc1ccccc1)NC(=O)[C@H](CC(C)C)NC(=O)[C@H](CCc1ccccc1)NC(=O)CN1CCOCC1)[C@](C)(CI)C(=O)[C@H](CC(C)C)NC(=O)[C@H](Cc1ccccc1)NC(=O)[C@H](CC(C)C)NC(=O)[C@H](CCc1ccccc1)NC(=O)CN1CCOCC1. The number of nitrogens with zero attached hydrogens (tertiary/aromatic N) is 2. The number of ether oxygens (including phenoxy) is 4. The maximum Gasteiger partial charge on any atom is 0.510 e. The zero-order valence-electron chi connectivity index (χ0n) is 67.6. The summed E-state index contributed by atoms with van der Waals surface area (Å²) in [6.07, 6.45) is 9.29. The third-order valence-electron chi connectivity index (χ3n) is 20.1. The second-order valence-corrected chi connectivity index (χ2v) is 33.3. The highest BCUT2D eigenvalue weighted by Crippen LogP contribution is 2.35. The highest BCUT2D eigenvalue weighted by molar-refractivity contribution is 14.1. The van der Waals surface area contributed by atoms with E-state index in [9.17, 15) is 33.6 Å². The molecular formula is C87H118I2N10O15. The molecule has 6 rings (SSSR count). The Morgan fingerprint density at radius 1 is 0.395 bits per heavy atom. The van der Waals surface area contributed by atoms with E-state index in [1.807, 2.05) is 171 Å². The lowest BCUT2D eigenvalue weighted by Gasteiger charge is -2.37. The smallest absolute Gasteiger partial charge is 0.417 e. The number of amides is 8. The lowest BCUT2D eigenvalue weighted by atomic mass is 9.77. The van der Waals surface area contributed by atoms with Gasteiger partial charge in [0.2, 0.25) is 47.3 Å². The number of rotatable bonds is 46. The lowest BCUT2D eigenvalue weighted by Crippen LogP contribution is -2.60. The number of alkyl halides is 2. The van der Waals surface area contributed by atoms with Gasteiger partial charge in [0.15, 0.2) is 23.8 Å². The van der Waals surface area contributed by atoms with Crippen LogP contribution in [0, 0.1) is 59.2 Å². The molecule has 114 heavy (non-hydrogen) atoms. The van der Waals surface area contributed by atoms with E-state index in [0.29, 0.717) is 76.6 Å². The minimum absolute atomic E-state index is 0.0432. The number of morpholine rings is 2. The van der Waals surface area contributed by atoms with Gasteiger partial charge in [0, 0.05) is 47.9 Å². The second kappa shape index (κ2) is 48.3. The topological polar surface area (TPSA) is 327 Å². The first kappa shape index (κ1) is 94.5. The minimum atomic E-state index is -1.75. The van der Waals surface area contributed by atoms with Crippen LogP contribution < -0.4 is 42.5 Å². The number of Topliss-reactive ketones (excluding diaryl/α,β-unsaturated/α-hetero) is 2. The first-order chi connectivity index (χ1) is 54.4. The molecule has 0 aromatic heterocycles. The van der Waals surface area contributed by atoms with E-state index in [2.05, 4.69) is 54.4 Å². The monoisotopic (exact) mass is 1800 g/mol. The van der Waals surface area contributed by atoms with Crippen molar-refractivity contribution in [3.8, 4) is 24.7 Å². The largest absolute Gasteiger partial charge is 0.510 e. The molecule has 27 heteroatoms. The summed E-state index contributed by atoms with van der Waals surface area (Å²) in [5.41, 5.74) is -0.292. The summed E-state index contributed by atoms with van der Waals surface area (Å²) in [6, 6.07) is 27.2. The zero-order valence-corrected chi connectivity index (χ0v) is 71.9. The normalized spacial score (nSPS) is 17.0. The molecule has 0 bridgehead atoms. The number of carbonyl (C=O) groups is 11. The number of hydrogen-bond acceptors (Lipinski definition) is 17. The van der Waals surface area contributed by atoms with Crippen molar-refractivity contribution in [2.24, 2.45) is 34.5 Å². The Bertz CT molecular complexity index is 3610. The molecule has 8 amide bonds. The van der Waals surface area contributed by atoms with Crippen LogP contribution in [0.4, 0.5) is 4.79 Å². The van der Waals surface area contributed by atoms with Crippen LogP contribution in [0.3, 0.4) is 0 Å². The quantitative estimate of drug-likeness (QED) is 0.00911. The number of benzene rings is 4. The number of terminal acetylenes is 2. The second-order valence-electron chi connectivity index (χ2n) is 31.7. The molecule has 620 valence electrons. The summed E-state index contributed by atoms with van der Waals surface area (Å²) in [5.74, 6) is -1.83. The first-order valence-electron chi connectivity index (χ1n) is 39.6. The molecule has 8 N–H and O–H groups in total. The Morgan fingerprint density at radius 2 is 0.658 bits per heavy atom. The van der Waals surface area contributed by atoms with E-state index in [4.69, 9.17) is 31.8 Å². The molecule has 0 saturated carbocycles. The minimum Gasteiger partial charge on any atom is -0.417 e. The summed E-state index contributed by atoms with van der Waals surface area (Å²) in [4.78, 5) is 165. The van der Waals surface area contributed by atoms with E-state index in [0.717, 1.165) is 11.1 Å². The van der Waals surface area contributed by atoms with E-state index in [-0.39, 0.29) is 109 Å². The van der Waals surface area contributed by atoms with E-state index in [1.165, 1.54) is 13.8 Å². The molecule has 0 aliphatic carbocycles. The Balaban J connectivity index is 1.20. The van der Waals surface area contributed by atoms with Crippen molar-refractivity contribution in [2.75, 3.05) is 74.6 Å². The maximum absolute atomic E-state index is 15.4. The van der Waals surface area contributed by atoms with Gasteiger partial charge in [-0.2, -0.15) is 0 Å². The maximum atomic E-state index is 15.4. The third kappa shape index (κ3) is 31.0. The molecule has 0 radical (unpaired) electrons. The standard InChI is InChI=1S/C87H118I2N10O15/c1-13-73(86(11,55-88)77(102)67(47-57(3)4)92-83(108)71(51-63-31-23-17-24-32-63)96-81(106)69(49-59(7)8)94-79(104)65(37-35-61-27-19-15-20-28-61)90-75(100)53-98-39-43-111-44-40-98)113-85(110)114-74(14-2)87(12,56-89)78(103)68(48-58(5)6)93-84(109)72(52-64-33-25-18-26-34-64)97-82(107)70(50-60(9)10)95-80(105)66(38-36-62-29-21-16-22-30-62)91-76(101)54-99-41-45-112-46-42-99/h1-2,15-34,57-60,65-74H,35-56H2,3-12H3,(H,90,100)(H,91,101)(H,92,108)(H,93,109)(H,94,104)(H,95,105)(H,96,106)(H,97,107)/t65-,66-,67-,68-,69-,70-,71-,72-,73?,74?,86-,87-/m0/s1. The van der Waals surface area contributed by atoms with Crippen LogP contribution >= 0.6 is 45.2 Å². The average Bonchev–Trinajstić information content (AvgIpc) is 0.793. The highest BCUT2D eigenvalue weighted by atomic mass is 127. The molecule has 4 aromatic carbocycles. The summed E-state index contributed by atoms with van der Waals surface area (Å²) in [5, 5.41) is 23.3. The predicted molar refractivity (Wildman–Crippen MR) is 454 cm³/mol. The highest BCUT2D eigenvalue weighted by Gasteiger charge is 2.50. The van der Waals surface area contributed by atoms with Gasteiger partial charge >= 0.3 is 6.16 Å². The van der Waals surface area contributed by atoms with Gasteiger partial charge in [-0.25, -0.2) is 4.79 Å². The molecule has 2 aliphatic heterocycles. The molecule has 12 atom stereocenters. The summed E-state index contributed by atoms with van der Waals surface area (Å²) < 4.78 is 22.6. The van der Waals surface area contributed by atoms with Crippen molar-refractivity contribution in [3.05, 3.63) is 144 Å². The van der Waals surface area contributed by atoms with Gasteiger partial charge in [-0.1, -0.05) is 234 Å². The molecule has 2 aliphatic rings. The van der Waals surface area contributed by atoms with E-state index < -0.39 is 125 Å². The number of nitrogens with one attached hydrogen (secondary N) is 8. The number of halogens is 2. The van der Waals surface area contributed by atoms with E-state index >= 15 is 19.2 Å². The fraction of sp³-hybridized carbons (Fsp3) is 0.552. The Hall–Kier alpha value is -8.33. The van der Waals surface area contributed by atoms with Crippen LogP contribution in [0.25, 0.3) is 0 Å². The van der Waals surface area contributed by atoms with Crippen molar-refractivity contribution in [2.45, 2.75) is 194 Å².